The third-order valence-corrected chi connectivity index (χ3v) is 5.90. The summed E-state index contributed by atoms with van der Waals surface area (Å²) < 4.78 is 41.8. The van der Waals surface area contributed by atoms with Crippen LogP contribution < -0.4 is 0 Å². The number of hydrogen-bond donors (Lipinski definition) is 1. The Labute approximate surface area is 193 Å². The van der Waals surface area contributed by atoms with Crippen LogP contribution >= 0.6 is 11.8 Å². The summed E-state index contributed by atoms with van der Waals surface area (Å²) in [5.74, 6) is -2.03. The maximum absolute atomic E-state index is 13.5. The van der Waals surface area contributed by atoms with Gasteiger partial charge in [0.15, 0.2) is 0 Å². The van der Waals surface area contributed by atoms with E-state index in [0.29, 0.717) is 33.1 Å². The van der Waals surface area contributed by atoms with Gasteiger partial charge in [-0.3, -0.25) is 24.0 Å². The molecular formula is C22H13F3N4O4S. The molecule has 0 unspecified atom stereocenters. The number of benzene rings is 2. The first-order chi connectivity index (χ1) is 16.1. The lowest BCUT2D eigenvalue weighted by molar-refractivity contribution is -0.140. The number of imide groups is 1. The minimum Gasteiger partial charge on any atom is -0.480 e. The molecule has 2 aromatic carbocycles. The lowest BCUT2D eigenvalue weighted by atomic mass is 10.0. The van der Waals surface area contributed by atoms with E-state index in [2.05, 4.69) is 5.10 Å². The number of rotatable bonds is 5. The molecule has 172 valence electrons. The standard InChI is InChI=1S/C22H13F3N4O4S/c23-22(24,25)16-6-13(8-26)1-3-14(16)10-29-17-4-2-12(5-15(17)9-27-29)7-18-20(32)28(11-19(30)31)21(33)34-18/h1-7,9H,10-11H2,(H,30,31)/b18-7-. The summed E-state index contributed by atoms with van der Waals surface area (Å²) in [6.45, 7) is -0.916. The lowest BCUT2D eigenvalue weighted by Crippen LogP contribution is -2.33. The van der Waals surface area contributed by atoms with Gasteiger partial charge in [-0.25, -0.2) is 0 Å². The first-order valence-electron chi connectivity index (χ1n) is 9.60. The molecule has 0 radical (unpaired) electrons. The van der Waals surface area contributed by atoms with Crippen molar-refractivity contribution in [3.05, 3.63) is 69.8 Å². The number of aliphatic carboxylic acids is 1. The number of carboxylic acid groups (broad SMARTS) is 1. The van der Waals surface area contributed by atoms with Gasteiger partial charge in [0.1, 0.15) is 6.54 Å². The average molecular weight is 486 g/mol. The first kappa shape index (κ1) is 23.1. The Morgan fingerprint density at radius 3 is 2.65 bits per heavy atom. The molecule has 1 aliphatic heterocycles. The van der Waals surface area contributed by atoms with Gasteiger partial charge in [0.05, 0.1) is 40.4 Å². The van der Waals surface area contributed by atoms with Crippen LogP contribution in [0.5, 0.6) is 0 Å². The maximum Gasteiger partial charge on any atom is 0.416 e. The second kappa shape index (κ2) is 8.68. The van der Waals surface area contributed by atoms with Gasteiger partial charge in [0.2, 0.25) is 0 Å². The number of aromatic nitrogens is 2. The molecule has 2 amide bonds. The van der Waals surface area contributed by atoms with E-state index in [1.54, 1.807) is 24.3 Å². The molecule has 1 aromatic heterocycles. The predicted molar refractivity (Wildman–Crippen MR) is 115 cm³/mol. The molecule has 3 aromatic rings. The number of alkyl halides is 3. The molecule has 0 spiro atoms. The number of nitriles is 1. The quantitative estimate of drug-likeness (QED) is 0.540. The fraction of sp³-hybridized carbons (Fsp3) is 0.136. The fourth-order valence-corrected chi connectivity index (χ4v) is 4.29. The Morgan fingerprint density at radius 1 is 1.21 bits per heavy atom. The minimum atomic E-state index is -4.64. The van der Waals surface area contributed by atoms with Crippen molar-refractivity contribution >= 4 is 45.9 Å². The monoisotopic (exact) mass is 486 g/mol. The van der Waals surface area contributed by atoms with Crippen molar-refractivity contribution in [2.75, 3.05) is 6.54 Å². The Hall–Kier alpha value is -4.11. The minimum absolute atomic E-state index is 0.0484. The number of amides is 2. The van der Waals surface area contributed by atoms with Crippen molar-refractivity contribution in [1.82, 2.24) is 14.7 Å². The molecule has 1 saturated heterocycles. The van der Waals surface area contributed by atoms with Crippen molar-refractivity contribution in [2.24, 2.45) is 0 Å². The Bertz CT molecular complexity index is 1420. The molecular weight excluding hydrogens is 473 g/mol. The molecule has 1 N–H and O–H groups in total. The molecule has 8 nitrogen and oxygen atoms in total. The molecule has 0 atom stereocenters. The van der Waals surface area contributed by atoms with E-state index in [1.807, 2.05) is 0 Å². The van der Waals surface area contributed by atoms with Gasteiger partial charge in [-0.05, 0) is 53.2 Å². The highest BCUT2D eigenvalue weighted by atomic mass is 32.2. The zero-order valence-corrected chi connectivity index (χ0v) is 17.9. The van der Waals surface area contributed by atoms with Crippen LogP contribution in [0.2, 0.25) is 0 Å². The number of carboxylic acids is 1. The van der Waals surface area contributed by atoms with Gasteiger partial charge in [-0.2, -0.15) is 23.5 Å². The zero-order valence-electron chi connectivity index (χ0n) is 17.0. The Balaban J connectivity index is 1.63. The smallest absolute Gasteiger partial charge is 0.416 e. The van der Waals surface area contributed by atoms with Crippen LogP contribution in [0.25, 0.3) is 17.0 Å². The molecule has 0 aliphatic carbocycles. The number of fused-ring (bicyclic) bond motifs is 1. The van der Waals surface area contributed by atoms with Crippen molar-refractivity contribution < 1.29 is 32.7 Å². The Morgan fingerprint density at radius 2 is 1.97 bits per heavy atom. The van der Waals surface area contributed by atoms with Crippen molar-refractivity contribution in [3.8, 4) is 6.07 Å². The van der Waals surface area contributed by atoms with E-state index < -0.39 is 35.4 Å². The van der Waals surface area contributed by atoms with Crippen LogP contribution in [0.4, 0.5) is 18.0 Å². The summed E-state index contributed by atoms with van der Waals surface area (Å²) in [6.07, 6.45) is -1.74. The summed E-state index contributed by atoms with van der Waals surface area (Å²) in [7, 11) is 0. The highest BCUT2D eigenvalue weighted by Gasteiger charge is 2.36. The van der Waals surface area contributed by atoms with E-state index in [-0.39, 0.29) is 22.6 Å². The number of nitrogens with zero attached hydrogens (tertiary/aromatic N) is 4. The molecule has 0 bridgehead atoms. The van der Waals surface area contributed by atoms with Crippen LogP contribution in [-0.4, -0.2) is 43.4 Å². The van der Waals surface area contributed by atoms with Crippen LogP contribution in [0.3, 0.4) is 0 Å². The van der Waals surface area contributed by atoms with Crippen molar-refractivity contribution in [2.45, 2.75) is 12.7 Å². The lowest BCUT2D eigenvalue weighted by Gasteiger charge is -2.14. The van der Waals surface area contributed by atoms with E-state index in [9.17, 15) is 27.6 Å². The zero-order chi connectivity index (χ0) is 24.6. The largest absolute Gasteiger partial charge is 0.480 e. The highest BCUT2D eigenvalue weighted by molar-refractivity contribution is 8.18. The number of hydrogen-bond acceptors (Lipinski definition) is 6. The van der Waals surface area contributed by atoms with Gasteiger partial charge in [0.25, 0.3) is 11.1 Å². The number of halogens is 3. The molecule has 2 heterocycles. The van der Waals surface area contributed by atoms with E-state index in [4.69, 9.17) is 10.4 Å². The summed E-state index contributed by atoms with van der Waals surface area (Å²) in [5.41, 5.74) is 0.00578. The van der Waals surface area contributed by atoms with Gasteiger partial charge in [0, 0.05) is 5.39 Å². The van der Waals surface area contributed by atoms with E-state index >= 15 is 0 Å². The van der Waals surface area contributed by atoms with E-state index in [1.165, 1.54) is 29.1 Å². The summed E-state index contributed by atoms with van der Waals surface area (Å²) in [5, 5.41) is 21.8. The SMILES string of the molecule is N#Cc1ccc(Cn2ncc3cc(/C=C4\SC(=O)N(CC(=O)O)C4=O)ccc32)c(C(F)(F)F)c1. The van der Waals surface area contributed by atoms with Gasteiger partial charge < -0.3 is 5.11 Å². The molecule has 1 aliphatic rings. The van der Waals surface area contributed by atoms with Crippen LogP contribution in [0.15, 0.2) is 47.5 Å². The van der Waals surface area contributed by atoms with Gasteiger partial charge in [-0.15, -0.1) is 0 Å². The number of thioether (sulfide) groups is 1. The van der Waals surface area contributed by atoms with Crippen molar-refractivity contribution in [1.29, 1.82) is 5.26 Å². The second-order valence-electron chi connectivity index (χ2n) is 7.26. The Kier molecular flexibility index (Phi) is 5.89. The highest BCUT2D eigenvalue weighted by Crippen LogP contribution is 2.34. The maximum atomic E-state index is 13.5. The first-order valence-corrected chi connectivity index (χ1v) is 10.4. The average Bonchev–Trinajstić information content (AvgIpc) is 3.28. The molecule has 0 saturated carbocycles. The topological polar surface area (TPSA) is 116 Å². The molecule has 4 rings (SSSR count). The second-order valence-corrected chi connectivity index (χ2v) is 8.26. The summed E-state index contributed by atoms with van der Waals surface area (Å²) in [4.78, 5) is 35.7. The third kappa shape index (κ3) is 4.51. The molecule has 1 fully saturated rings. The van der Waals surface area contributed by atoms with Gasteiger partial charge >= 0.3 is 12.1 Å². The molecule has 34 heavy (non-hydrogen) atoms. The van der Waals surface area contributed by atoms with Crippen LogP contribution in [-0.2, 0) is 22.3 Å². The van der Waals surface area contributed by atoms with Gasteiger partial charge in [-0.1, -0.05) is 12.1 Å². The summed E-state index contributed by atoms with van der Waals surface area (Å²) >= 11 is 0.623. The van der Waals surface area contributed by atoms with Crippen LogP contribution in [0, 0.1) is 11.3 Å². The summed E-state index contributed by atoms with van der Waals surface area (Å²) in [6, 6.07) is 9.93. The molecule has 12 heteroatoms. The van der Waals surface area contributed by atoms with Crippen molar-refractivity contribution in [3.63, 3.8) is 0 Å². The predicted octanol–water partition coefficient (Wildman–Crippen LogP) is 4.10. The van der Waals surface area contributed by atoms with E-state index in [0.717, 1.165) is 6.07 Å². The van der Waals surface area contributed by atoms with Crippen LogP contribution in [0.1, 0.15) is 22.3 Å². The normalized spacial score (nSPS) is 15.4. The fourth-order valence-electron chi connectivity index (χ4n) is 3.45. The number of carbonyl (C=O) groups excluding carboxylic acids is 2. The third-order valence-electron chi connectivity index (χ3n) is 5.00. The number of carbonyl (C=O) groups is 3.